The zero-order valence-electron chi connectivity index (χ0n) is 11.2. The monoisotopic (exact) mass is 326 g/mol. The summed E-state index contributed by atoms with van der Waals surface area (Å²) < 4.78 is 1.12. The lowest BCUT2D eigenvalue weighted by atomic mass is 10.1. The van der Waals surface area contributed by atoms with Gasteiger partial charge in [0, 0.05) is 27.9 Å². The minimum atomic E-state index is 0.216. The minimum Gasteiger partial charge on any atom is -0.378 e. The Kier molecular flexibility index (Phi) is 3.70. The Bertz CT molecular complexity index is 725. The van der Waals surface area contributed by atoms with E-state index in [1.54, 1.807) is 6.20 Å². The van der Waals surface area contributed by atoms with Gasteiger partial charge in [-0.25, -0.2) is 0 Å². The van der Waals surface area contributed by atoms with Crippen molar-refractivity contribution in [1.29, 1.82) is 0 Å². The normalized spacial score (nSPS) is 12.3. The van der Waals surface area contributed by atoms with Crippen molar-refractivity contribution in [3.63, 3.8) is 0 Å². The molecule has 0 aliphatic rings. The number of hydrogen-bond acceptors (Lipinski definition) is 2. The van der Waals surface area contributed by atoms with E-state index in [9.17, 15) is 0 Å². The van der Waals surface area contributed by atoms with E-state index in [-0.39, 0.29) is 6.04 Å². The van der Waals surface area contributed by atoms with E-state index < -0.39 is 0 Å². The lowest BCUT2D eigenvalue weighted by molar-refractivity contribution is 0.877. The Morgan fingerprint density at radius 3 is 2.55 bits per heavy atom. The van der Waals surface area contributed by atoms with Crippen LogP contribution in [0.25, 0.3) is 10.8 Å². The molecule has 1 N–H and O–H groups in total. The molecule has 0 aliphatic heterocycles. The Balaban J connectivity index is 1.97. The number of hydrogen-bond donors (Lipinski definition) is 1. The molecule has 20 heavy (non-hydrogen) atoms. The molecule has 2 nitrogen and oxygen atoms in total. The van der Waals surface area contributed by atoms with Gasteiger partial charge in [0.1, 0.15) is 0 Å². The summed E-state index contributed by atoms with van der Waals surface area (Å²) in [6.07, 6.45) is 3.70. The zero-order valence-corrected chi connectivity index (χ0v) is 12.8. The van der Waals surface area contributed by atoms with Gasteiger partial charge in [0.2, 0.25) is 0 Å². The average Bonchev–Trinajstić information content (AvgIpc) is 2.51. The van der Waals surface area contributed by atoms with Crippen LogP contribution in [-0.4, -0.2) is 4.98 Å². The van der Waals surface area contributed by atoms with Crippen LogP contribution in [0.3, 0.4) is 0 Å². The molecule has 0 aliphatic carbocycles. The average molecular weight is 327 g/mol. The highest BCUT2D eigenvalue weighted by Crippen LogP contribution is 2.31. The van der Waals surface area contributed by atoms with E-state index in [2.05, 4.69) is 75.6 Å². The molecule has 1 unspecified atom stereocenters. The smallest absolute Gasteiger partial charge is 0.0501 e. The number of fused-ring (bicyclic) bond motifs is 1. The molecule has 2 aromatic carbocycles. The standard InChI is InChI=1S/C17H15BrN2/c1-12(13-5-4-10-19-11-13)20-17-9-8-16(18)14-6-2-3-7-15(14)17/h2-12,20H,1H3. The van der Waals surface area contributed by atoms with Crippen LogP contribution in [0.15, 0.2) is 65.4 Å². The molecule has 3 heteroatoms. The molecular weight excluding hydrogens is 312 g/mol. The van der Waals surface area contributed by atoms with Crippen LogP contribution < -0.4 is 5.32 Å². The van der Waals surface area contributed by atoms with Gasteiger partial charge in [0.25, 0.3) is 0 Å². The van der Waals surface area contributed by atoms with Crippen molar-refractivity contribution in [3.8, 4) is 0 Å². The molecule has 1 aromatic heterocycles. The number of halogens is 1. The number of benzene rings is 2. The van der Waals surface area contributed by atoms with Gasteiger partial charge in [0.05, 0.1) is 6.04 Å². The number of aromatic nitrogens is 1. The Morgan fingerprint density at radius 2 is 1.80 bits per heavy atom. The first-order chi connectivity index (χ1) is 9.75. The maximum Gasteiger partial charge on any atom is 0.0501 e. The van der Waals surface area contributed by atoms with E-state index in [1.165, 1.54) is 16.3 Å². The fourth-order valence-electron chi connectivity index (χ4n) is 2.34. The van der Waals surface area contributed by atoms with Crippen LogP contribution in [0.5, 0.6) is 0 Å². The molecule has 0 amide bonds. The third-order valence-corrected chi connectivity index (χ3v) is 4.12. The van der Waals surface area contributed by atoms with Gasteiger partial charge in [-0.05, 0) is 36.1 Å². The van der Waals surface area contributed by atoms with Crippen LogP contribution in [-0.2, 0) is 0 Å². The fourth-order valence-corrected chi connectivity index (χ4v) is 2.81. The van der Waals surface area contributed by atoms with Crippen LogP contribution in [0, 0.1) is 0 Å². The largest absolute Gasteiger partial charge is 0.378 e. The van der Waals surface area contributed by atoms with E-state index in [0.717, 1.165) is 10.2 Å². The first-order valence-electron chi connectivity index (χ1n) is 6.59. The summed E-state index contributed by atoms with van der Waals surface area (Å²) in [5.41, 5.74) is 2.32. The molecular formula is C17H15BrN2. The summed E-state index contributed by atoms with van der Waals surface area (Å²) in [5.74, 6) is 0. The van der Waals surface area contributed by atoms with Gasteiger partial charge < -0.3 is 5.32 Å². The minimum absolute atomic E-state index is 0.216. The van der Waals surface area contributed by atoms with Gasteiger partial charge in [-0.3, -0.25) is 4.98 Å². The summed E-state index contributed by atoms with van der Waals surface area (Å²) in [6, 6.07) is 16.8. The van der Waals surface area contributed by atoms with Gasteiger partial charge in [-0.2, -0.15) is 0 Å². The van der Waals surface area contributed by atoms with Gasteiger partial charge >= 0.3 is 0 Å². The van der Waals surface area contributed by atoms with Crippen molar-refractivity contribution in [2.24, 2.45) is 0 Å². The van der Waals surface area contributed by atoms with Crippen molar-refractivity contribution in [3.05, 3.63) is 71.0 Å². The number of rotatable bonds is 3. The molecule has 0 bridgehead atoms. The van der Waals surface area contributed by atoms with Crippen LogP contribution >= 0.6 is 15.9 Å². The van der Waals surface area contributed by atoms with Crippen LogP contribution in [0.4, 0.5) is 5.69 Å². The zero-order chi connectivity index (χ0) is 13.9. The van der Waals surface area contributed by atoms with Crippen molar-refractivity contribution in [2.75, 3.05) is 5.32 Å². The van der Waals surface area contributed by atoms with Gasteiger partial charge in [0.15, 0.2) is 0 Å². The molecule has 0 radical (unpaired) electrons. The predicted octanol–water partition coefficient (Wildman–Crippen LogP) is 5.17. The van der Waals surface area contributed by atoms with E-state index in [1.807, 2.05) is 12.3 Å². The lowest BCUT2D eigenvalue weighted by Gasteiger charge is -2.17. The Morgan fingerprint density at radius 1 is 1.00 bits per heavy atom. The highest BCUT2D eigenvalue weighted by Gasteiger charge is 2.08. The maximum atomic E-state index is 4.18. The first kappa shape index (κ1) is 13.1. The summed E-state index contributed by atoms with van der Waals surface area (Å²) in [5, 5.41) is 6.01. The second-order valence-corrected chi connectivity index (χ2v) is 5.65. The molecule has 1 atom stereocenters. The van der Waals surface area contributed by atoms with Crippen molar-refractivity contribution in [2.45, 2.75) is 13.0 Å². The number of nitrogens with one attached hydrogen (secondary N) is 1. The van der Waals surface area contributed by atoms with E-state index in [4.69, 9.17) is 0 Å². The van der Waals surface area contributed by atoms with Crippen molar-refractivity contribution in [1.82, 2.24) is 4.98 Å². The van der Waals surface area contributed by atoms with Gasteiger partial charge in [-0.15, -0.1) is 0 Å². The molecule has 0 spiro atoms. The van der Waals surface area contributed by atoms with Crippen molar-refractivity contribution < 1.29 is 0 Å². The maximum absolute atomic E-state index is 4.18. The van der Waals surface area contributed by atoms with E-state index >= 15 is 0 Å². The van der Waals surface area contributed by atoms with Crippen LogP contribution in [0.2, 0.25) is 0 Å². The summed E-state index contributed by atoms with van der Waals surface area (Å²) in [7, 11) is 0. The first-order valence-corrected chi connectivity index (χ1v) is 7.39. The Labute approximate surface area is 127 Å². The third-order valence-electron chi connectivity index (χ3n) is 3.43. The molecule has 3 aromatic rings. The molecule has 0 fully saturated rings. The van der Waals surface area contributed by atoms with Crippen LogP contribution in [0.1, 0.15) is 18.5 Å². The molecule has 1 heterocycles. The topological polar surface area (TPSA) is 24.9 Å². The molecule has 0 saturated heterocycles. The van der Waals surface area contributed by atoms with Gasteiger partial charge in [-0.1, -0.05) is 46.3 Å². The summed E-state index contributed by atoms with van der Waals surface area (Å²) in [6.45, 7) is 2.15. The number of nitrogens with zero attached hydrogens (tertiary/aromatic N) is 1. The molecule has 3 rings (SSSR count). The molecule has 100 valence electrons. The lowest BCUT2D eigenvalue weighted by Crippen LogP contribution is -2.07. The SMILES string of the molecule is CC(Nc1ccc(Br)c2ccccc12)c1cccnc1. The van der Waals surface area contributed by atoms with Crippen molar-refractivity contribution >= 4 is 32.4 Å². The second kappa shape index (κ2) is 5.63. The molecule has 0 saturated carbocycles. The number of pyridine rings is 1. The Hall–Kier alpha value is -1.87. The fraction of sp³-hybridized carbons (Fsp3) is 0.118. The second-order valence-electron chi connectivity index (χ2n) is 4.79. The summed E-state index contributed by atoms with van der Waals surface area (Å²) >= 11 is 3.60. The predicted molar refractivity (Wildman–Crippen MR) is 87.9 cm³/mol. The highest BCUT2D eigenvalue weighted by atomic mass is 79.9. The highest BCUT2D eigenvalue weighted by molar-refractivity contribution is 9.10. The van der Waals surface area contributed by atoms with E-state index in [0.29, 0.717) is 0 Å². The summed E-state index contributed by atoms with van der Waals surface area (Å²) in [4.78, 5) is 4.18. The number of anilines is 1. The third kappa shape index (κ3) is 2.54. The quantitative estimate of drug-likeness (QED) is 0.718.